The molecule has 1 saturated carbocycles. The second-order valence-electron chi connectivity index (χ2n) is 9.34. The monoisotopic (exact) mass is 469 g/mol. The van der Waals surface area contributed by atoms with E-state index in [0.29, 0.717) is 12.5 Å². The Bertz CT molecular complexity index is 1160. The number of aliphatic imine (C=N–C) groups is 1. The van der Waals surface area contributed by atoms with Gasteiger partial charge in [0.2, 0.25) is 5.91 Å². The molecule has 0 saturated heterocycles. The van der Waals surface area contributed by atoms with Crippen molar-refractivity contribution in [2.75, 3.05) is 20.1 Å². The highest BCUT2D eigenvalue weighted by Gasteiger charge is 2.43. The molecule has 0 aliphatic heterocycles. The average molecular weight is 470 g/mol. The molecule has 35 heavy (non-hydrogen) atoms. The van der Waals surface area contributed by atoms with E-state index < -0.39 is 0 Å². The van der Waals surface area contributed by atoms with E-state index in [2.05, 4.69) is 46.8 Å². The third-order valence-corrected chi connectivity index (χ3v) is 6.69. The van der Waals surface area contributed by atoms with Crippen LogP contribution in [-0.4, -0.2) is 37.4 Å². The van der Waals surface area contributed by atoms with Crippen molar-refractivity contribution < 1.29 is 9.90 Å². The van der Waals surface area contributed by atoms with Gasteiger partial charge in [-0.1, -0.05) is 54.6 Å². The molecule has 1 fully saturated rings. The number of nitrogens with one attached hydrogen (secondary N) is 2. The average Bonchev–Trinajstić information content (AvgIpc) is 3.68. The van der Waals surface area contributed by atoms with Crippen molar-refractivity contribution in [1.29, 1.82) is 0 Å². The number of rotatable bonds is 10. The summed E-state index contributed by atoms with van der Waals surface area (Å²) in [7, 11) is 1.78. The van der Waals surface area contributed by atoms with Gasteiger partial charge in [0.05, 0.1) is 0 Å². The number of hydrogen-bond donors (Lipinski definition) is 3. The fourth-order valence-corrected chi connectivity index (χ4v) is 4.64. The van der Waals surface area contributed by atoms with Gasteiger partial charge in [-0.3, -0.25) is 9.79 Å². The van der Waals surface area contributed by atoms with E-state index in [9.17, 15) is 9.90 Å². The molecule has 3 N–H and O–H groups in total. The van der Waals surface area contributed by atoms with Crippen LogP contribution in [0, 0.1) is 5.92 Å². The number of hydrogen-bond acceptors (Lipinski definition) is 4. The van der Waals surface area contributed by atoms with Crippen molar-refractivity contribution in [3.8, 4) is 5.75 Å². The smallest absolute Gasteiger partial charge is 0.223 e. The quantitative estimate of drug-likeness (QED) is 0.324. The number of aromatic hydroxyl groups is 1. The Balaban J connectivity index is 1.26. The van der Waals surface area contributed by atoms with E-state index in [1.807, 2.05) is 42.6 Å². The molecule has 0 heterocycles. The maximum absolute atomic E-state index is 12.4. The lowest BCUT2D eigenvalue weighted by molar-refractivity contribution is -0.122. The summed E-state index contributed by atoms with van der Waals surface area (Å²) in [6.45, 7) is 3.60. The predicted octanol–water partition coefficient (Wildman–Crippen LogP) is 5.37. The van der Waals surface area contributed by atoms with Crippen LogP contribution in [0.15, 0.2) is 88.6 Å². The molecule has 0 aromatic heterocycles. The molecule has 0 unspecified atom stereocenters. The zero-order valence-electron chi connectivity index (χ0n) is 20.6. The number of amides is 1. The van der Waals surface area contributed by atoms with Crippen molar-refractivity contribution in [1.82, 2.24) is 10.6 Å². The summed E-state index contributed by atoms with van der Waals surface area (Å²) in [5, 5.41) is 17.0. The molecule has 5 nitrogen and oxygen atoms in total. The number of nitrogens with zero attached hydrogens (tertiary/aromatic N) is 1. The van der Waals surface area contributed by atoms with Crippen molar-refractivity contribution in [2.45, 2.75) is 38.5 Å². The first-order valence-corrected chi connectivity index (χ1v) is 12.5. The molecule has 1 amide bonds. The van der Waals surface area contributed by atoms with Gasteiger partial charge in [0.25, 0.3) is 0 Å². The van der Waals surface area contributed by atoms with Crippen LogP contribution >= 0.6 is 0 Å². The maximum Gasteiger partial charge on any atom is 0.223 e. The first-order valence-electron chi connectivity index (χ1n) is 12.5. The number of allylic oxidation sites excluding steroid dienone is 5. The molecular weight excluding hydrogens is 434 g/mol. The van der Waals surface area contributed by atoms with Gasteiger partial charge >= 0.3 is 0 Å². The Morgan fingerprint density at radius 2 is 1.80 bits per heavy atom. The van der Waals surface area contributed by atoms with Gasteiger partial charge in [-0.25, -0.2) is 0 Å². The third-order valence-electron chi connectivity index (χ3n) is 6.69. The topological polar surface area (TPSA) is 73.7 Å². The molecular formula is C30H35N3O2. The molecule has 0 bridgehead atoms. The minimum atomic E-state index is 0.127. The number of para-hydroxylation sites is 1. The summed E-state index contributed by atoms with van der Waals surface area (Å²) in [5.41, 5.74) is 6.50. The summed E-state index contributed by atoms with van der Waals surface area (Å²) in [6.07, 6.45) is 9.78. The number of phenols is 1. The summed E-state index contributed by atoms with van der Waals surface area (Å²) >= 11 is 0. The second kappa shape index (κ2) is 11.7. The van der Waals surface area contributed by atoms with E-state index in [1.165, 1.54) is 11.1 Å². The van der Waals surface area contributed by atoms with Gasteiger partial charge in [0.15, 0.2) is 0 Å². The second-order valence-corrected chi connectivity index (χ2v) is 9.34. The minimum absolute atomic E-state index is 0.127. The molecule has 2 aromatic rings. The van der Waals surface area contributed by atoms with Gasteiger partial charge < -0.3 is 15.7 Å². The van der Waals surface area contributed by atoms with Gasteiger partial charge in [0, 0.05) is 50.0 Å². The molecule has 5 heteroatoms. The first kappa shape index (κ1) is 24.5. The summed E-state index contributed by atoms with van der Waals surface area (Å²) in [4.78, 5) is 16.6. The van der Waals surface area contributed by atoms with Crippen LogP contribution in [-0.2, 0) is 4.79 Å². The summed E-state index contributed by atoms with van der Waals surface area (Å²) in [6, 6.07) is 17.7. The molecule has 2 aliphatic rings. The minimum Gasteiger partial charge on any atom is -0.507 e. The zero-order chi connectivity index (χ0) is 24.6. The van der Waals surface area contributed by atoms with Crippen molar-refractivity contribution in [3.05, 3.63) is 94.7 Å². The lowest BCUT2D eigenvalue weighted by Gasteiger charge is -2.20. The largest absolute Gasteiger partial charge is 0.507 e. The van der Waals surface area contributed by atoms with Gasteiger partial charge in [-0.05, 0) is 66.5 Å². The summed E-state index contributed by atoms with van der Waals surface area (Å²) in [5.74, 6) is 0.967. The van der Waals surface area contributed by atoms with Crippen LogP contribution in [0.2, 0.25) is 0 Å². The lowest BCUT2D eigenvalue weighted by Crippen LogP contribution is -2.27. The number of unbranched alkanes of at least 4 members (excludes halogenated alkanes) is 1. The third kappa shape index (κ3) is 6.50. The van der Waals surface area contributed by atoms with Crippen molar-refractivity contribution in [3.63, 3.8) is 0 Å². The van der Waals surface area contributed by atoms with E-state index >= 15 is 0 Å². The Kier molecular flexibility index (Phi) is 8.19. The predicted molar refractivity (Wildman–Crippen MR) is 143 cm³/mol. The highest BCUT2D eigenvalue weighted by Crippen LogP contribution is 2.47. The Hall–Kier alpha value is -3.60. The first-order chi connectivity index (χ1) is 17.1. The zero-order valence-corrected chi connectivity index (χ0v) is 20.6. The Morgan fingerprint density at radius 1 is 1.06 bits per heavy atom. The van der Waals surface area contributed by atoms with Crippen molar-refractivity contribution >= 4 is 17.7 Å². The highest BCUT2D eigenvalue weighted by molar-refractivity contribution is 5.86. The molecule has 2 atom stereocenters. The van der Waals surface area contributed by atoms with Crippen LogP contribution in [0.5, 0.6) is 5.75 Å². The number of carbonyl (C=O) groups is 1. The summed E-state index contributed by atoms with van der Waals surface area (Å²) < 4.78 is 0. The Morgan fingerprint density at radius 3 is 2.57 bits per heavy atom. The normalized spacial score (nSPS) is 20.7. The van der Waals surface area contributed by atoms with E-state index in [0.717, 1.165) is 54.6 Å². The van der Waals surface area contributed by atoms with Crippen molar-refractivity contribution in [2.24, 2.45) is 10.9 Å². The fourth-order valence-electron chi connectivity index (χ4n) is 4.64. The molecule has 0 radical (unpaired) electrons. The van der Waals surface area contributed by atoms with Crippen LogP contribution < -0.4 is 10.6 Å². The molecule has 2 aromatic carbocycles. The van der Waals surface area contributed by atoms with Gasteiger partial charge in [-0.2, -0.15) is 0 Å². The molecule has 2 aliphatic carbocycles. The van der Waals surface area contributed by atoms with Gasteiger partial charge in [0.1, 0.15) is 5.75 Å². The molecule has 182 valence electrons. The molecule has 4 rings (SSSR count). The van der Waals surface area contributed by atoms with E-state index in [4.69, 9.17) is 0 Å². The number of carbonyl (C=O) groups excluding carboxylic acids is 1. The standard InChI is InChI=1S/C30H35N3O2/c1-21(20-31-2)23-16-24(26-12-6-7-13-29(26)34)18-25(17-23)32-14-8-9-15-33-30(35)28-19-27(28)22-10-4-3-5-11-22/h3-7,10-13,16,18,20,27-28,32,34H,8-9,14-15,17,19H2,1-2H3,(H,33,35)/b23-21-,31-20?/t27-,28+/m0/s1. The van der Waals surface area contributed by atoms with E-state index in [1.54, 1.807) is 13.1 Å². The highest BCUT2D eigenvalue weighted by atomic mass is 16.3. The van der Waals surface area contributed by atoms with Crippen LogP contribution in [0.1, 0.15) is 49.7 Å². The number of benzene rings is 2. The molecule has 0 spiro atoms. The van der Waals surface area contributed by atoms with E-state index in [-0.39, 0.29) is 17.6 Å². The fraction of sp³-hybridized carbons (Fsp3) is 0.333. The SMILES string of the molecule is CN=C/C(C)=C1/C=C(c2ccccc2O)C=C(NCCCCNC(=O)[C@@H]2C[C@H]2c2ccccc2)C1. The lowest BCUT2D eigenvalue weighted by atomic mass is 9.91. The van der Waals surface area contributed by atoms with Crippen LogP contribution in [0.3, 0.4) is 0 Å². The van der Waals surface area contributed by atoms with Crippen LogP contribution in [0.4, 0.5) is 0 Å². The number of phenolic OH excluding ortho intramolecular Hbond substituents is 1. The van der Waals surface area contributed by atoms with Crippen LogP contribution in [0.25, 0.3) is 5.57 Å². The van der Waals surface area contributed by atoms with Gasteiger partial charge in [-0.15, -0.1) is 0 Å². The maximum atomic E-state index is 12.4. The Labute approximate surface area is 208 Å².